The summed E-state index contributed by atoms with van der Waals surface area (Å²) in [6.45, 7) is 4.07. The summed E-state index contributed by atoms with van der Waals surface area (Å²) in [5.74, 6) is 1.88. The van der Waals surface area contributed by atoms with Crippen molar-refractivity contribution >= 4 is 0 Å². The van der Waals surface area contributed by atoms with E-state index in [1.807, 2.05) is 32.0 Å². The second kappa shape index (κ2) is 5.45. The SMILES string of the molecule is COc1ccc(C#N)c(Oc2ccc(C)c(C)c2)c1. The van der Waals surface area contributed by atoms with Crippen molar-refractivity contribution in [1.82, 2.24) is 0 Å². The standard InChI is InChI=1S/C16H15NO2/c1-11-4-6-15(8-12(11)2)19-16-9-14(18-3)7-5-13(16)10-17/h4-9H,1-3H3. The van der Waals surface area contributed by atoms with Crippen molar-refractivity contribution in [1.29, 1.82) is 5.26 Å². The first kappa shape index (κ1) is 13.0. The van der Waals surface area contributed by atoms with Crippen molar-refractivity contribution < 1.29 is 9.47 Å². The molecule has 0 aliphatic carbocycles. The number of hydrogen-bond donors (Lipinski definition) is 0. The topological polar surface area (TPSA) is 42.2 Å². The predicted octanol–water partition coefficient (Wildman–Crippen LogP) is 3.98. The lowest BCUT2D eigenvalue weighted by Gasteiger charge is -2.10. The minimum absolute atomic E-state index is 0.485. The number of nitrogens with zero attached hydrogens (tertiary/aromatic N) is 1. The second-order valence-electron chi connectivity index (χ2n) is 4.32. The van der Waals surface area contributed by atoms with Gasteiger partial charge in [0.15, 0.2) is 0 Å². The average Bonchev–Trinajstić information content (AvgIpc) is 2.43. The van der Waals surface area contributed by atoms with Gasteiger partial charge in [-0.05, 0) is 49.2 Å². The average molecular weight is 253 g/mol. The third-order valence-electron chi connectivity index (χ3n) is 3.02. The van der Waals surface area contributed by atoms with E-state index in [9.17, 15) is 0 Å². The van der Waals surface area contributed by atoms with Gasteiger partial charge in [-0.15, -0.1) is 0 Å². The summed E-state index contributed by atoms with van der Waals surface area (Å²) in [4.78, 5) is 0. The number of aryl methyl sites for hydroxylation is 2. The molecule has 0 aliphatic heterocycles. The highest BCUT2D eigenvalue weighted by Crippen LogP contribution is 2.29. The summed E-state index contributed by atoms with van der Waals surface area (Å²) >= 11 is 0. The molecule has 0 amide bonds. The fourth-order valence-corrected chi connectivity index (χ4v) is 1.71. The molecule has 0 radical (unpaired) electrons. The maximum Gasteiger partial charge on any atom is 0.148 e. The number of ether oxygens (including phenoxy) is 2. The van der Waals surface area contributed by atoms with E-state index in [0.717, 1.165) is 5.56 Å². The molecule has 3 heteroatoms. The van der Waals surface area contributed by atoms with Crippen LogP contribution in [-0.2, 0) is 0 Å². The van der Waals surface area contributed by atoms with Crippen LogP contribution in [0.5, 0.6) is 17.2 Å². The lowest BCUT2D eigenvalue weighted by Crippen LogP contribution is -1.91. The van der Waals surface area contributed by atoms with Crippen LogP contribution in [0.2, 0.25) is 0 Å². The summed E-state index contributed by atoms with van der Waals surface area (Å²) < 4.78 is 10.9. The van der Waals surface area contributed by atoms with Crippen LogP contribution in [0, 0.1) is 25.2 Å². The van der Waals surface area contributed by atoms with Crippen LogP contribution in [-0.4, -0.2) is 7.11 Å². The minimum Gasteiger partial charge on any atom is -0.497 e. The molecule has 0 spiro atoms. The van der Waals surface area contributed by atoms with Crippen LogP contribution in [0.1, 0.15) is 16.7 Å². The minimum atomic E-state index is 0.485. The molecule has 0 unspecified atom stereocenters. The van der Waals surface area contributed by atoms with E-state index in [-0.39, 0.29) is 0 Å². The Hall–Kier alpha value is -2.47. The Balaban J connectivity index is 2.36. The molecule has 0 bridgehead atoms. The van der Waals surface area contributed by atoms with Crippen molar-refractivity contribution in [2.75, 3.05) is 7.11 Å². The number of rotatable bonds is 3. The van der Waals surface area contributed by atoms with Crippen molar-refractivity contribution in [2.45, 2.75) is 13.8 Å². The van der Waals surface area contributed by atoms with Gasteiger partial charge < -0.3 is 9.47 Å². The van der Waals surface area contributed by atoms with Gasteiger partial charge >= 0.3 is 0 Å². The van der Waals surface area contributed by atoms with Gasteiger partial charge in [-0.1, -0.05) is 6.07 Å². The van der Waals surface area contributed by atoms with Crippen LogP contribution >= 0.6 is 0 Å². The molecule has 0 saturated heterocycles. The molecule has 0 N–H and O–H groups in total. The van der Waals surface area contributed by atoms with Crippen LogP contribution in [0.15, 0.2) is 36.4 Å². The van der Waals surface area contributed by atoms with Crippen molar-refractivity contribution in [3.8, 4) is 23.3 Å². The van der Waals surface area contributed by atoms with Gasteiger partial charge in [-0.2, -0.15) is 5.26 Å². The Morgan fingerprint density at radius 3 is 2.32 bits per heavy atom. The third kappa shape index (κ3) is 2.86. The molecule has 0 fully saturated rings. The van der Waals surface area contributed by atoms with Crippen molar-refractivity contribution in [3.63, 3.8) is 0 Å². The van der Waals surface area contributed by atoms with Gasteiger partial charge in [-0.25, -0.2) is 0 Å². The fourth-order valence-electron chi connectivity index (χ4n) is 1.71. The molecular weight excluding hydrogens is 238 g/mol. The van der Waals surface area contributed by atoms with Crippen LogP contribution in [0.4, 0.5) is 0 Å². The normalized spacial score (nSPS) is 9.79. The second-order valence-corrected chi connectivity index (χ2v) is 4.32. The maximum atomic E-state index is 9.09. The highest BCUT2D eigenvalue weighted by Gasteiger charge is 2.07. The smallest absolute Gasteiger partial charge is 0.148 e. The summed E-state index contributed by atoms with van der Waals surface area (Å²) in [7, 11) is 1.58. The molecule has 0 atom stereocenters. The van der Waals surface area contributed by atoms with Crippen LogP contribution in [0.25, 0.3) is 0 Å². The molecule has 0 heterocycles. The first-order valence-corrected chi connectivity index (χ1v) is 5.97. The first-order valence-electron chi connectivity index (χ1n) is 5.97. The largest absolute Gasteiger partial charge is 0.497 e. The van der Waals surface area contributed by atoms with E-state index in [1.54, 1.807) is 25.3 Å². The van der Waals surface area contributed by atoms with Gasteiger partial charge in [0, 0.05) is 6.07 Å². The molecule has 2 aromatic rings. The van der Waals surface area contributed by atoms with Gasteiger partial charge in [0.2, 0.25) is 0 Å². The number of benzene rings is 2. The van der Waals surface area contributed by atoms with E-state index in [1.165, 1.54) is 5.56 Å². The number of nitriles is 1. The molecule has 3 nitrogen and oxygen atoms in total. The number of methoxy groups -OCH3 is 1. The van der Waals surface area contributed by atoms with Crippen molar-refractivity contribution in [3.05, 3.63) is 53.1 Å². The van der Waals surface area contributed by atoms with E-state index >= 15 is 0 Å². The molecule has 19 heavy (non-hydrogen) atoms. The maximum absolute atomic E-state index is 9.09. The van der Waals surface area contributed by atoms with Gasteiger partial charge in [0.05, 0.1) is 12.7 Å². The highest BCUT2D eigenvalue weighted by molar-refractivity contribution is 5.49. The lowest BCUT2D eigenvalue weighted by molar-refractivity contribution is 0.408. The molecule has 0 saturated carbocycles. The Morgan fingerprint density at radius 2 is 1.68 bits per heavy atom. The zero-order valence-electron chi connectivity index (χ0n) is 11.2. The Kier molecular flexibility index (Phi) is 3.72. The van der Waals surface area contributed by atoms with Gasteiger partial charge in [0.1, 0.15) is 23.3 Å². The van der Waals surface area contributed by atoms with Crippen LogP contribution in [0.3, 0.4) is 0 Å². The Labute approximate surface area is 113 Å². The Bertz CT molecular complexity index is 642. The molecule has 2 aromatic carbocycles. The zero-order chi connectivity index (χ0) is 13.8. The van der Waals surface area contributed by atoms with Crippen molar-refractivity contribution in [2.24, 2.45) is 0 Å². The van der Waals surface area contributed by atoms with Gasteiger partial charge in [0.25, 0.3) is 0 Å². The predicted molar refractivity (Wildman–Crippen MR) is 73.7 cm³/mol. The van der Waals surface area contributed by atoms with E-state index in [4.69, 9.17) is 14.7 Å². The van der Waals surface area contributed by atoms with E-state index < -0.39 is 0 Å². The summed E-state index contributed by atoms with van der Waals surface area (Å²) in [5, 5.41) is 9.09. The van der Waals surface area contributed by atoms with E-state index in [2.05, 4.69) is 6.07 Å². The number of hydrogen-bond acceptors (Lipinski definition) is 3. The molecular formula is C16H15NO2. The van der Waals surface area contributed by atoms with Crippen LogP contribution < -0.4 is 9.47 Å². The fraction of sp³-hybridized carbons (Fsp3) is 0.188. The third-order valence-corrected chi connectivity index (χ3v) is 3.02. The molecule has 0 aliphatic rings. The summed E-state index contributed by atoms with van der Waals surface area (Å²) in [5.41, 5.74) is 2.84. The molecule has 0 aromatic heterocycles. The Morgan fingerprint density at radius 1 is 0.947 bits per heavy atom. The zero-order valence-corrected chi connectivity index (χ0v) is 11.2. The lowest BCUT2D eigenvalue weighted by atomic mass is 10.1. The monoisotopic (exact) mass is 253 g/mol. The first-order chi connectivity index (χ1) is 9.13. The van der Waals surface area contributed by atoms with Gasteiger partial charge in [-0.3, -0.25) is 0 Å². The molecule has 2 rings (SSSR count). The summed E-state index contributed by atoms with van der Waals surface area (Å²) in [6.07, 6.45) is 0. The quantitative estimate of drug-likeness (QED) is 0.831. The molecule has 96 valence electrons. The highest BCUT2D eigenvalue weighted by atomic mass is 16.5. The van der Waals surface area contributed by atoms with E-state index in [0.29, 0.717) is 22.8 Å². The summed E-state index contributed by atoms with van der Waals surface area (Å²) in [6, 6.07) is 13.1.